The summed E-state index contributed by atoms with van der Waals surface area (Å²) in [5.41, 5.74) is 0. The lowest BCUT2D eigenvalue weighted by atomic mass is 9.84. The Kier molecular flexibility index (Phi) is 4.95. The molecule has 132 valence electrons. The lowest BCUT2D eigenvalue weighted by Gasteiger charge is -2.44. The van der Waals surface area contributed by atoms with Crippen molar-refractivity contribution in [3.63, 3.8) is 0 Å². The highest BCUT2D eigenvalue weighted by atomic mass is 35.5. The Hall–Kier alpha value is -1.21. The summed E-state index contributed by atoms with van der Waals surface area (Å²) < 4.78 is 13.3. The molecule has 3 fully saturated rings. The minimum atomic E-state index is -1.32. The number of halogens is 1. The molecule has 2 atom stereocenters. The van der Waals surface area contributed by atoms with Gasteiger partial charge in [-0.3, -0.25) is 4.79 Å². The zero-order valence-corrected chi connectivity index (χ0v) is 16.0. The number of rotatable bonds is 4. The van der Waals surface area contributed by atoms with Crippen LogP contribution in [0.4, 0.5) is 0 Å². The number of nitrogens with zero attached hydrogens (tertiary/aromatic N) is 1. The van der Waals surface area contributed by atoms with Crippen LogP contribution in [0.1, 0.15) is 22.5 Å². The first kappa shape index (κ1) is 17.2. The zero-order chi connectivity index (χ0) is 17.4. The molecule has 0 spiro atoms. The van der Waals surface area contributed by atoms with Crippen molar-refractivity contribution in [1.82, 2.24) is 10.2 Å². The van der Waals surface area contributed by atoms with Crippen molar-refractivity contribution < 1.29 is 9.00 Å². The summed E-state index contributed by atoms with van der Waals surface area (Å²) in [6.45, 7) is 3.25. The van der Waals surface area contributed by atoms with Crippen molar-refractivity contribution in [3.05, 3.63) is 46.3 Å². The predicted octanol–water partition coefficient (Wildman–Crippen LogP) is 3.39. The maximum Gasteiger partial charge on any atom is 0.261 e. The Morgan fingerprint density at radius 1 is 1.24 bits per heavy atom. The number of piperidine rings is 3. The lowest BCUT2D eigenvalue weighted by Crippen LogP contribution is -2.57. The number of hydrogen-bond donors (Lipinski definition) is 1. The molecule has 25 heavy (non-hydrogen) atoms. The molecule has 2 unspecified atom stereocenters. The summed E-state index contributed by atoms with van der Waals surface area (Å²) in [5, 5.41) is 3.74. The minimum Gasteiger partial charge on any atom is -0.347 e. The molecule has 4 heterocycles. The fourth-order valence-electron chi connectivity index (χ4n) is 3.61. The van der Waals surface area contributed by atoms with E-state index in [-0.39, 0.29) is 11.9 Å². The number of nitrogens with one attached hydrogen (secondary N) is 1. The number of thiophene rings is 1. The van der Waals surface area contributed by atoms with E-state index in [1.165, 1.54) is 24.2 Å². The second-order valence-electron chi connectivity index (χ2n) is 6.56. The third kappa shape index (κ3) is 3.67. The van der Waals surface area contributed by atoms with Crippen LogP contribution in [-0.4, -0.2) is 40.7 Å². The molecule has 0 radical (unpaired) electrons. The molecule has 3 aliphatic rings. The molecule has 5 rings (SSSR count). The van der Waals surface area contributed by atoms with Gasteiger partial charge in [-0.25, -0.2) is 4.21 Å². The summed E-state index contributed by atoms with van der Waals surface area (Å²) in [5.74, 6) is 0.534. The van der Waals surface area contributed by atoms with E-state index >= 15 is 0 Å². The van der Waals surface area contributed by atoms with Crippen LogP contribution in [0.2, 0.25) is 5.02 Å². The Labute approximate surface area is 158 Å². The van der Waals surface area contributed by atoms with Gasteiger partial charge in [-0.1, -0.05) is 17.7 Å². The molecule has 0 aliphatic carbocycles. The summed E-state index contributed by atoms with van der Waals surface area (Å²) >= 11 is 7.26. The maximum absolute atomic E-state index is 12.7. The highest BCUT2D eigenvalue weighted by Gasteiger charge is 2.35. The molecule has 2 bridgehead atoms. The van der Waals surface area contributed by atoms with Gasteiger partial charge in [-0.2, -0.15) is 0 Å². The molecule has 1 aromatic carbocycles. The Balaban J connectivity index is 1.45. The highest BCUT2D eigenvalue weighted by Crippen LogP contribution is 2.29. The van der Waals surface area contributed by atoms with Gasteiger partial charge in [-0.15, -0.1) is 11.3 Å². The van der Waals surface area contributed by atoms with Crippen molar-refractivity contribution in [2.75, 3.05) is 19.6 Å². The fourth-order valence-corrected chi connectivity index (χ4v) is 6.22. The van der Waals surface area contributed by atoms with Gasteiger partial charge in [-0.05, 0) is 62.2 Å². The smallest absolute Gasteiger partial charge is 0.261 e. The van der Waals surface area contributed by atoms with Crippen molar-refractivity contribution in [3.8, 4) is 0 Å². The van der Waals surface area contributed by atoms with Gasteiger partial charge in [0.1, 0.15) is 0 Å². The molecule has 1 aromatic heterocycles. The van der Waals surface area contributed by atoms with Crippen LogP contribution in [0.5, 0.6) is 0 Å². The number of benzene rings is 1. The lowest BCUT2D eigenvalue weighted by molar-refractivity contribution is 0.0622. The molecule has 4 nitrogen and oxygen atoms in total. The van der Waals surface area contributed by atoms with Crippen molar-refractivity contribution in [2.24, 2.45) is 5.92 Å². The third-order valence-corrected chi connectivity index (χ3v) is 7.97. The van der Waals surface area contributed by atoms with E-state index < -0.39 is 10.8 Å². The largest absolute Gasteiger partial charge is 0.347 e. The van der Waals surface area contributed by atoms with Crippen LogP contribution in [0.15, 0.2) is 45.5 Å². The van der Waals surface area contributed by atoms with Gasteiger partial charge in [0, 0.05) is 22.5 Å². The average molecular weight is 395 g/mol. The minimum absolute atomic E-state index is 0.0573. The SMILES string of the molecule is O=C(NC1CN2CCC1CC2)c1ccc(S(=O)c2cccc(Cl)c2)s1. The standard InChI is InChI=1S/C18H19ClN2O2S2/c19-13-2-1-3-14(10-13)25(23)17-5-4-16(24-17)18(22)20-15-11-21-8-6-12(15)7-9-21/h1-5,10,12,15H,6-9,11H2,(H,20,22). The molecule has 3 saturated heterocycles. The van der Waals surface area contributed by atoms with E-state index in [9.17, 15) is 9.00 Å². The van der Waals surface area contributed by atoms with Gasteiger partial charge in [0.15, 0.2) is 0 Å². The molecule has 7 heteroatoms. The second-order valence-corrected chi connectivity index (χ2v) is 9.79. The molecule has 2 aromatic rings. The first-order valence-electron chi connectivity index (χ1n) is 8.40. The van der Waals surface area contributed by atoms with Crippen LogP contribution in [0.3, 0.4) is 0 Å². The Morgan fingerprint density at radius 2 is 2.04 bits per heavy atom. The van der Waals surface area contributed by atoms with Crippen molar-refractivity contribution in [2.45, 2.75) is 28.0 Å². The second kappa shape index (κ2) is 7.19. The number of fused-ring (bicyclic) bond motifs is 3. The van der Waals surface area contributed by atoms with Gasteiger partial charge in [0.05, 0.1) is 19.9 Å². The van der Waals surface area contributed by atoms with E-state index in [0.29, 0.717) is 24.9 Å². The Bertz CT molecular complexity index is 815. The average Bonchev–Trinajstić information content (AvgIpc) is 3.12. The quantitative estimate of drug-likeness (QED) is 0.864. The van der Waals surface area contributed by atoms with Crippen molar-refractivity contribution >= 4 is 39.6 Å². The number of hydrogen-bond acceptors (Lipinski definition) is 4. The van der Waals surface area contributed by atoms with Crippen molar-refractivity contribution in [1.29, 1.82) is 0 Å². The van der Waals surface area contributed by atoms with Crippen LogP contribution < -0.4 is 5.32 Å². The maximum atomic E-state index is 12.7. The zero-order valence-electron chi connectivity index (χ0n) is 13.6. The van der Waals surface area contributed by atoms with E-state index in [4.69, 9.17) is 11.6 Å². The van der Waals surface area contributed by atoms with E-state index in [1.807, 2.05) is 0 Å². The summed E-state index contributed by atoms with van der Waals surface area (Å²) in [4.78, 5) is 16.3. The number of amides is 1. The van der Waals surface area contributed by atoms with Crippen LogP contribution in [-0.2, 0) is 10.8 Å². The molecule has 1 amide bonds. The van der Waals surface area contributed by atoms with E-state index in [0.717, 1.165) is 19.6 Å². The molecular formula is C18H19ClN2O2S2. The number of carbonyl (C=O) groups excluding carboxylic acids is 1. The monoisotopic (exact) mass is 394 g/mol. The predicted molar refractivity (Wildman–Crippen MR) is 101 cm³/mol. The van der Waals surface area contributed by atoms with Gasteiger partial charge in [0.2, 0.25) is 0 Å². The molecule has 1 N–H and O–H groups in total. The number of carbonyl (C=O) groups is 1. The topological polar surface area (TPSA) is 49.4 Å². The van der Waals surface area contributed by atoms with E-state index in [2.05, 4.69) is 10.2 Å². The highest BCUT2D eigenvalue weighted by molar-refractivity contribution is 7.87. The van der Waals surface area contributed by atoms with Crippen LogP contribution >= 0.6 is 22.9 Å². The molecule has 3 aliphatic heterocycles. The summed E-state index contributed by atoms with van der Waals surface area (Å²) in [6.07, 6.45) is 2.33. The first-order valence-corrected chi connectivity index (χ1v) is 10.7. The Morgan fingerprint density at radius 3 is 2.72 bits per heavy atom. The first-order chi connectivity index (χ1) is 12.1. The fraction of sp³-hybridized carbons (Fsp3) is 0.389. The van der Waals surface area contributed by atoms with Gasteiger partial charge < -0.3 is 10.2 Å². The summed E-state index contributed by atoms with van der Waals surface area (Å²) in [6, 6.07) is 10.8. The van der Waals surface area contributed by atoms with Gasteiger partial charge >= 0.3 is 0 Å². The normalized spacial score (nSPS) is 26.4. The van der Waals surface area contributed by atoms with Crippen LogP contribution in [0.25, 0.3) is 0 Å². The van der Waals surface area contributed by atoms with Gasteiger partial charge in [0.25, 0.3) is 5.91 Å². The molecule has 0 saturated carbocycles. The molecular weight excluding hydrogens is 376 g/mol. The third-order valence-electron chi connectivity index (χ3n) is 4.97. The summed E-state index contributed by atoms with van der Waals surface area (Å²) in [7, 11) is -1.32. The van der Waals surface area contributed by atoms with Crippen LogP contribution in [0, 0.1) is 5.92 Å². The van der Waals surface area contributed by atoms with E-state index in [1.54, 1.807) is 36.4 Å².